The van der Waals surface area contributed by atoms with Crippen LogP contribution in [0.3, 0.4) is 0 Å². The molecule has 0 atom stereocenters. The van der Waals surface area contributed by atoms with Crippen molar-refractivity contribution >= 4 is 5.97 Å². The van der Waals surface area contributed by atoms with E-state index in [1.54, 1.807) is 13.1 Å². The molecule has 8 heteroatoms. The van der Waals surface area contributed by atoms with Gasteiger partial charge in [0.2, 0.25) is 0 Å². The summed E-state index contributed by atoms with van der Waals surface area (Å²) in [5, 5.41) is 20.1. The maximum Gasteiger partial charge on any atom is 0.358 e. The van der Waals surface area contributed by atoms with E-state index in [1.165, 1.54) is 15.6 Å². The standard InChI is InChI=1S/C9H10FN5O2/c1-14-6(2-4-11-14)8-7(9(16)17)12-13-15(8)5-3-10/h2,4H,3,5H2,1H3,(H,16,17). The Balaban J connectivity index is 2.60. The van der Waals surface area contributed by atoms with Gasteiger partial charge < -0.3 is 5.11 Å². The van der Waals surface area contributed by atoms with E-state index in [4.69, 9.17) is 5.11 Å². The largest absolute Gasteiger partial charge is 0.476 e. The molecule has 2 heterocycles. The number of rotatable bonds is 4. The molecule has 2 aromatic heterocycles. The highest BCUT2D eigenvalue weighted by molar-refractivity contribution is 5.92. The van der Waals surface area contributed by atoms with Gasteiger partial charge in [0, 0.05) is 13.2 Å². The lowest BCUT2D eigenvalue weighted by molar-refractivity contribution is 0.0691. The maximum atomic E-state index is 12.4. The van der Waals surface area contributed by atoms with Crippen LogP contribution in [0.2, 0.25) is 0 Å². The Morgan fingerprint density at radius 1 is 1.59 bits per heavy atom. The van der Waals surface area contributed by atoms with Gasteiger partial charge in [-0.1, -0.05) is 5.21 Å². The van der Waals surface area contributed by atoms with Crippen molar-refractivity contribution in [3.8, 4) is 11.4 Å². The first kappa shape index (κ1) is 11.2. The van der Waals surface area contributed by atoms with Gasteiger partial charge in [-0.05, 0) is 6.07 Å². The van der Waals surface area contributed by atoms with E-state index in [0.29, 0.717) is 5.69 Å². The van der Waals surface area contributed by atoms with E-state index in [2.05, 4.69) is 15.4 Å². The summed E-state index contributed by atoms with van der Waals surface area (Å²) in [5.41, 5.74) is 0.582. The Morgan fingerprint density at radius 3 is 2.88 bits per heavy atom. The molecule has 17 heavy (non-hydrogen) atoms. The third-order valence-corrected chi connectivity index (χ3v) is 2.30. The second kappa shape index (κ2) is 4.32. The van der Waals surface area contributed by atoms with Crippen molar-refractivity contribution in [3.05, 3.63) is 18.0 Å². The number of nitrogens with zero attached hydrogens (tertiary/aromatic N) is 5. The molecule has 0 saturated carbocycles. The fourth-order valence-corrected chi connectivity index (χ4v) is 1.55. The van der Waals surface area contributed by atoms with E-state index in [1.807, 2.05) is 0 Å². The topological polar surface area (TPSA) is 85.8 Å². The number of aromatic carboxylic acids is 1. The van der Waals surface area contributed by atoms with Gasteiger partial charge in [0.1, 0.15) is 12.4 Å². The van der Waals surface area contributed by atoms with E-state index in [0.717, 1.165) is 0 Å². The Hall–Kier alpha value is -2.25. The van der Waals surface area contributed by atoms with Crippen molar-refractivity contribution in [1.29, 1.82) is 0 Å². The molecule has 2 aromatic rings. The number of carbonyl (C=O) groups is 1. The molecule has 0 radical (unpaired) electrons. The molecule has 0 spiro atoms. The lowest BCUT2D eigenvalue weighted by atomic mass is 10.2. The normalized spacial score (nSPS) is 10.7. The molecular formula is C9H10FN5O2. The Morgan fingerprint density at radius 2 is 2.35 bits per heavy atom. The minimum atomic E-state index is -1.20. The summed E-state index contributed by atoms with van der Waals surface area (Å²) < 4.78 is 15.1. The summed E-state index contributed by atoms with van der Waals surface area (Å²) in [5.74, 6) is -1.20. The van der Waals surface area contributed by atoms with Crippen LogP contribution >= 0.6 is 0 Å². The zero-order chi connectivity index (χ0) is 12.4. The average Bonchev–Trinajstić information content (AvgIpc) is 2.84. The summed E-state index contributed by atoms with van der Waals surface area (Å²) in [6.45, 7) is -0.686. The second-order valence-electron chi connectivity index (χ2n) is 3.34. The highest BCUT2D eigenvalue weighted by Gasteiger charge is 2.22. The van der Waals surface area contributed by atoms with Crippen LogP contribution in [-0.4, -0.2) is 42.5 Å². The predicted molar refractivity (Wildman–Crippen MR) is 55.2 cm³/mol. The second-order valence-corrected chi connectivity index (χ2v) is 3.34. The number of hydrogen-bond acceptors (Lipinski definition) is 4. The monoisotopic (exact) mass is 239 g/mol. The SMILES string of the molecule is Cn1nccc1-c1c(C(=O)O)nnn1CCF. The van der Waals surface area contributed by atoms with E-state index >= 15 is 0 Å². The minimum absolute atomic E-state index is 0.0409. The molecule has 0 fully saturated rings. The number of aryl methyl sites for hydroxylation is 2. The van der Waals surface area contributed by atoms with Gasteiger partial charge in [-0.25, -0.2) is 13.9 Å². The molecule has 0 unspecified atom stereocenters. The summed E-state index contributed by atoms with van der Waals surface area (Å²) in [4.78, 5) is 11.0. The molecule has 90 valence electrons. The maximum absolute atomic E-state index is 12.4. The van der Waals surface area contributed by atoms with Crippen molar-refractivity contribution < 1.29 is 14.3 Å². The molecule has 0 aliphatic carbocycles. The van der Waals surface area contributed by atoms with Crippen LogP contribution in [0.15, 0.2) is 12.3 Å². The molecular weight excluding hydrogens is 229 g/mol. The smallest absolute Gasteiger partial charge is 0.358 e. The summed E-state index contributed by atoms with van der Waals surface area (Å²) in [6.07, 6.45) is 1.52. The zero-order valence-electron chi connectivity index (χ0n) is 9.04. The van der Waals surface area contributed by atoms with Crippen LogP contribution in [0.4, 0.5) is 4.39 Å². The Labute approximate surface area is 95.5 Å². The number of carboxylic acid groups (broad SMARTS) is 1. The van der Waals surface area contributed by atoms with Gasteiger partial charge >= 0.3 is 5.97 Å². The predicted octanol–water partition coefficient (Wildman–Crippen LogP) is 0.346. The van der Waals surface area contributed by atoms with Crippen LogP contribution in [0.25, 0.3) is 11.4 Å². The Kier molecular flexibility index (Phi) is 2.86. The third-order valence-electron chi connectivity index (χ3n) is 2.30. The van der Waals surface area contributed by atoms with Crippen molar-refractivity contribution in [2.24, 2.45) is 7.05 Å². The molecule has 0 saturated heterocycles. The van der Waals surface area contributed by atoms with Crippen molar-refractivity contribution in [2.45, 2.75) is 6.54 Å². The quantitative estimate of drug-likeness (QED) is 0.831. The fraction of sp³-hybridized carbons (Fsp3) is 0.333. The van der Waals surface area contributed by atoms with E-state index in [9.17, 15) is 9.18 Å². The zero-order valence-corrected chi connectivity index (χ0v) is 9.04. The molecule has 0 aliphatic heterocycles. The number of alkyl halides is 1. The fourth-order valence-electron chi connectivity index (χ4n) is 1.55. The summed E-state index contributed by atoms with van der Waals surface area (Å²) >= 11 is 0. The van der Waals surface area contributed by atoms with E-state index < -0.39 is 12.6 Å². The highest BCUT2D eigenvalue weighted by Crippen LogP contribution is 2.21. The number of halogens is 1. The molecule has 7 nitrogen and oxygen atoms in total. The number of hydrogen-bond donors (Lipinski definition) is 1. The minimum Gasteiger partial charge on any atom is -0.476 e. The number of carboxylic acids is 1. The van der Waals surface area contributed by atoms with Crippen LogP contribution in [0, 0.1) is 0 Å². The molecule has 2 rings (SSSR count). The highest BCUT2D eigenvalue weighted by atomic mass is 19.1. The molecule has 0 aromatic carbocycles. The molecule has 0 aliphatic rings. The first-order valence-electron chi connectivity index (χ1n) is 4.86. The van der Waals surface area contributed by atoms with Crippen molar-refractivity contribution in [2.75, 3.05) is 6.67 Å². The van der Waals surface area contributed by atoms with Gasteiger partial charge in [-0.3, -0.25) is 4.68 Å². The molecule has 0 amide bonds. The average molecular weight is 239 g/mol. The van der Waals surface area contributed by atoms with Gasteiger partial charge in [-0.2, -0.15) is 5.10 Å². The van der Waals surface area contributed by atoms with Gasteiger partial charge in [-0.15, -0.1) is 5.10 Å². The van der Waals surface area contributed by atoms with Crippen LogP contribution < -0.4 is 0 Å². The van der Waals surface area contributed by atoms with Crippen molar-refractivity contribution in [1.82, 2.24) is 24.8 Å². The van der Waals surface area contributed by atoms with Gasteiger partial charge in [0.05, 0.1) is 12.2 Å². The molecule has 1 N–H and O–H groups in total. The van der Waals surface area contributed by atoms with Gasteiger partial charge in [0.25, 0.3) is 0 Å². The first-order chi connectivity index (χ1) is 8.15. The summed E-state index contributed by atoms with van der Waals surface area (Å²) in [6, 6.07) is 1.62. The molecule has 0 bridgehead atoms. The summed E-state index contributed by atoms with van der Waals surface area (Å²) in [7, 11) is 1.66. The van der Waals surface area contributed by atoms with Crippen molar-refractivity contribution in [3.63, 3.8) is 0 Å². The lowest BCUT2D eigenvalue weighted by Crippen LogP contribution is -2.08. The van der Waals surface area contributed by atoms with E-state index in [-0.39, 0.29) is 17.9 Å². The van der Waals surface area contributed by atoms with Gasteiger partial charge in [0.15, 0.2) is 5.69 Å². The Bertz CT molecular complexity index is 547. The lowest BCUT2D eigenvalue weighted by Gasteiger charge is -2.05. The van der Waals surface area contributed by atoms with Crippen LogP contribution in [-0.2, 0) is 13.6 Å². The number of aromatic nitrogens is 5. The third kappa shape index (κ3) is 1.88. The van der Waals surface area contributed by atoms with Crippen LogP contribution in [0.5, 0.6) is 0 Å². The first-order valence-corrected chi connectivity index (χ1v) is 4.86. The van der Waals surface area contributed by atoms with Crippen LogP contribution in [0.1, 0.15) is 10.5 Å².